The molecule has 0 rings (SSSR count). The van der Waals surface area contributed by atoms with Crippen molar-refractivity contribution in [2.45, 2.75) is 0 Å². The molecule has 0 aromatic carbocycles. The van der Waals surface area contributed by atoms with E-state index in [0.29, 0.717) is 0 Å². The predicted octanol–water partition coefficient (Wildman–Crippen LogP) is -0.388. The Morgan fingerprint density at radius 1 is 1.00 bits per heavy atom. The maximum Gasteiger partial charge on any atom is 0 e. The van der Waals surface area contributed by atoms with Crippen LogP contribution in [0.4, 0.5) is 0 Å². The Balaban J connectivity index is 0. The van der Waals surface area contributed by atoms with E-state index >= 15 is 0 Å². The first-order valence-electron chi connectivity index (χ1n) is 0. The molecule has 18 valence electrons. The average Bonchev–Trinajstić information content (AvgIpc) is 0. The Hall–Kier alpha value is 2.94. The molecule has 0 aliphatic rings. The van der Waals surface area contributed by atoms with Crippen molar-refractivity contribution >= 4 is 25.8 Å². The molecule has 0 aliphatic heterocycles. The van der Waals surface area contributed by atoms with Crippen LogP contribution in [0.5, 0.6) is 0 Å². The molecular weight excluding hydrogens is 356 g/mol. The topological polar surface area (TPSA) is 0 Å². The summed E-state index contributed by atoms with van der Waals surface area (Å²) in [6, 6.07) is 0. The monoisotopic (exact) mass is 356 g/mol. The molecular formula is CdCuInZn. The van der Waals surface area contributed by atoms with Gasteiger partial charge in [0.2, 0.25) is 0 Å². The van der Waals surface area contributed by atoms with Gasteiger partial charge in [0.05, 0.1) is 0 Å². The van der Waals surface area contributed by atoms with E-state index in [1.54, 1.807) is 0 Å². The maximum absolute atomic E-state index is 0. The molecule has 0 aromatic heterocycles. The Morgan fingerprint density at radius 3 is 1.00 bits per heavy atom. The molecule has 0 saturated heterocycles. The van der Waals surface area contributed by atoms with E-state index < -0.39 is 0 Å². The predicted molar refractivity (Wildman–Crippen MR) is 5.75 cm³/mol. The molecule has 4 heavy (non-hydrogen) atoms. The molecule has 0 unspecified atom stereocenters. The van der Waals surface area contributed by atoms with Gasteiger partial charge in [-0.05, 0) is 0 Å². The SMILES string of the molecule is [Cd].[Cu].[In].[Zn]. The fourth-order valence-electron chi connectivity index (χ4n) is 0. The number of rotatable bonds is 0. The van der Waals surface area contributed by atoms with Gasteiger partial charge in [0.15, 0.2) is 0 Å². The third kappa shape index (κ3) is 8.87. The van der Waals surface area contributed by atoms with Gasteiger partial charge in [0.1, 0.15) is 0 Å². The van der Waals surface area contributed by atoms with Crippen molar-refractivity contribution in [2.75, 3.05) is 0 Å². The molecule has 4 radical (unpaired) electrons. The van der Waals surface area contributed by atoms with Crippen molar-refractivity contribution in [3.63, 3.8) is 0 Å². The Labute approximate surface area is 88.0 Å². The first-order valence-corrected chi connectivity index (χ1v) is 0. The second kappa shape index (κ2) is 16.8. The first-order chi connectivity index (χ1) is 0. The van der Waals surface area contributed by atoms with E-state index in [4.69, 9.17) is 0 Å². The van der Waals surface area contributed by atoms with Gasteiger partial charge in [-0.3, -0.25) is 0 Å². The second-order valence-corrected chi connectivity index (χ2v) is 0. The van der Waals surface area contributed by atoms with Crippen LogP contribution in [-0.2, 0) is 63.8 Å². The second-order valence-electron chi connectivity index (χ2n) is 0. The van der Waals surface area contributed by atoms with E-state index in [1.807, 2.05) is 0 Å². The molecule has 0 aliphatic carbocycles. The summed E-state index contributed by atoms with van der Waals surface area (Å²) >= 11 is 0. The zero-order chi connectivity index (χ0) is 0. The van der Waals surface area contributed by atoms with Crippen LogP contribution in [-0.4, -0.2) is 25.8 Å². The minimum absolute atomic E-state index is 0. The van der Waals surface area contributed by atoms with Crippen LogP contribution < -0.4 is 0 Å². The van der Waals surface area contributed by atoms with E-state index in [0.717, 1.165) is 0 Å². The molecule has 0 N–H and O–H groups in total. The van der Waals surface area contributed by atoms with Crippen molar-refractivity contribution in [3.8, 4) is 0 Å². The molecule has 4 heteroatoms. The van der Waals surface area contributed by atoms with Crippen LogP contribution in [0.1, 0.15) is 0 Å². The van der Waals surface area contributed by atoms with Gasteiger partial charge < -0.3 is 0 Å². The van der Waals surface area contributed by atoms with Gasteiger partial charge in [0, 0.05) is 89.7 Å². The smallest absolute Gasteiger partial charge is 0 e. The third-order valence-corrected chi connectivity index (χ3v) is 0. The summed E-state index contributed by atoms with van der Waals surface area (Å²) in [4.78, 5) is 0. The van der Waals surface area contributed by atoms with E-state index in [1.165, 1.54) is 0 Å². The van der Waals surface area contributed by atoms with Crippen LogP contribution in [0.15, 0.2) is 0 Å². The van der Waals surface area contributed by atoms with Gasteiger partial charge >= 0.3 is 0 Å². The van der Waals surface area contributed by atoms with E-state index in [2.05, 4.69) is 0 Å². The fraction of sp³-hybridized carbons (Fsp3) is 0. The molecule has 0 amide bonds. The molecule has 0 fully saturated rings. The minimum Gasteiger partial charge on any atom is 0 e. The molecule has 0 spiro atoms. The Bertz CT molecular complexity index is 8.00. The summed E-state index contributed by atoms with van der Waals surface area (Å²) in [5, 5.41) is 0. The molecule has 0 aromatic rings. The summed E-state index contributed by atoms with van der Waals surface area (Å²) in [5.41, 5.74) is 0. The summed E-state index contributed by atoms with van der Waals surface area (Å²) in [5.74, 6) is 0. The van der Waals surface area contributed by atoms with Gasteiger partial charge in [-0.2, -0.15) is 0 Å². The van der Waals surface area contributed by atoms with Crippen molar-refractivity contribution < 1.29 is 63.8 Å². The van der Waals surface area contributed by atoms with Crippen LogP contribution >= 0.6 is 0 Å². The Morgan fingerprint density at radius 2 is 1.00 bits per heavy atom. The van der Waals surface area contributed by atoms with Gasteiger partial charge in [-0.15, -0.1) is 0 Å². The van der Waals surface area contributed by atoms with Crippen molar-refractivity contribution in [1.29, 1.82) is 0 Å². The van der Waals surface area contributed by atoms with Crippen molar-refractivity contribution in [2.24, 2.45) is 0 Å². The van der Waals surface area contributed by atoms with Gasteiger partial charge in [0.25, 0.3) is 0 Å². The molecule has 0 saturated carbocycles. The first kappa shape index (κ1) is 28.4. The standard InChI is InChI=1S/Cd.Cu.In.Zn. The minimum atomic E-state index is 0. The maximum atomic E-state index is 0. The summed E-state index contributed by atoms with van der Waals surface area (Å²) in [7, 11) is 0. The molecule has 0 heterocycles. The largest absolute Gasteiger partial charge is 0 e. The zero-order valence-corrected chi connectivity index (χ0v) is 13.5. The molecule has 0 bridgehead atoms. The fourth-order valence-corrected chi connectivity index (χ4v) is 0. The van der Waals surface area contributed by atoms with Crippen LogP contribution in [0.3, 0.4) is 0 Å². The van der Waals surface area contributed by atoms with E-state index in [9.17, 15) is 0 Å². The van der Waals surface area contributed by atoms with Crippen molar-refractivity contribution in [1.82, 2.24) is 0 Å². The Kier molecular flexibility index (Phi) is 119. The van der Waals surface area contributed by atoms with Gasteiger partial charge in [-0.1, -0.05) is 0 Å². The summed E-state index contributed by atoms with van der Waals surface area (Å²) in [6.07, 6.45) is 0. The normalized spacial score (nSPS) is 0. The zero-order valence-electron chi connectivity index (χ0n) is 2.29. The average molecular weight is 356 g/mol. The molecule has 0 atom stereocenters. The van der Waals surface area contributed by atoms with Crippen LogP contribution in [0.25, 0.3) is 0 Å². The third-order valence-electron chi connectivity index (χ3n) is 0. The van der Waals surface area contributed by atoms with Crippen LogP contribution in [0.2, 0.25) is 0 Å². The number of hydrogen-bond donors (Lipinski definition) is 0. The quantitative estimate of drug-likeness (QED) is 0.519. The summed E-state index contributed by atoms with van der Waals surface area (Å²) < 4.78 is 0. The van der Waals surface area contributed by atoms with Crippen LogP contribution in [0, 0.1) is 0 Å². The molecule has 0 nitrogen and oxygen atoms in total. The van der Waals surface area contributed by atoms with Gasteiger partial charge in [-0.25, -0.2) is 0 Å². The summed E-state index contributed by atoms with van der Waals surface area (Å²) in [6.45, 7) is 0. The van der Waals surface area contributed by atoms with E-state index in [-0.39, 0.29) is 89.7 Å². The number of hydrogen-bond acceptors (Lipinski definition) is 0. The van der Waals surface area contributed by atoms with Crippen molar-refractivity contribution in [3.05, 3.63) is 0 Å².